The molecule has 0 aliphatic heterocycles. The molecule has 20 heavy (non-hydrogen) atoms. The van der Waals surface area contributed by atoms with Crippen molar-refractivity contribution in [2.45, 2.75) is 20.8 Å². The summed E-state index contributed by atoms with van der Waals surface area (Å²) >= 11 is 0. The van der Waals surface area contributed by atoms with Crippen LogP contribution >= 0.6 is 0 Å². The van der Waals surface area contributed by atoms with Crippen LogP contribution in [-0.4, -0.2) is 13.0 Å². The Balaban J connectivity index is 2.21. The van der Waals surface area contributed by atoms with Gasteiger partial charge < -0.3 is 10.1 Å². The Bertz CT molecular complexity index is 647. The molecular formula is C17H19NO2. The third-order valence-electron chi connectivity index (χ3n) is 3.29. The van der Waals surface area contributed by atoms with E-state index < -0.39 is 0 Å². The lowest BCUT2D eigenvalue weighted by Crippen LogP contribution is -2.13. The number of carbonyl (C=O) groups is 1. The number of ether oxygens (including phenoxy) is 1. The zero-order valence-electron chi connectivity index (χ0n) is 12.3. The standard InChI is InChI=1S/C17H19NO2/c1-11-5-7-15(12(2)9-11)18-17(19)14-6-8-16(20-4)13(3)10-14/h5-10H,1-4H3,(H,18,19). The molecule has 0 spiro atoms. The van der Waals surface area contributed by atoms with E-state index >= 15 is 0 Å². The molecule has 3 heteroatoms. The molecule has 0 bridgehead atoms. The van der Waals surface area contributed by atoms with Crippen LogP contribution in [0.4, 0.5) is 5.69 Å². The Hall–Kier alpha value is -2.29. The van der Waals surface area contributed by atoms with Crippen LogP contribution in [0.3, 0.4) is 0 Å². The molecule has 0 heterocycles. The number of aryl methyl sites for hydroxylation is 3. The van der Waals surface area contributed by atoms with Gasteiger partial charge >= 0.3 is 0 Å². The zero-order valence-corrected chi connectivity index (χ0v) is 12.3. The van der Waals surface area contributed by atoms with E-state index in [4.69, 9.17) is 4.74 Å². The van der Waals surface area contributed by atoms with E-state index in [9.17, 15) is 4.79 Å². The van der Waals surface area contributed by atoms with Crippen molar-refractivity contribution in [2.75, 3.05) is 12.4 Å². The lowest BCUT2D eigenvalue weighted by Gasteiger charge is -2.10. The second kappa shape index (κ2) is 5.78. The molecular weight excluding hydrogens is 250 g/mol. The summed E-state index contributed by atoms with van der Waals surface area (Å²) in [6.07, 6.45) is 0. The van der Waals surface area contributed by atoms with Gasteiger partial charge in [0.1, 0.15) is 5.75 Å². The minimum Gasteiger partial charge on any atom is -0.496 e. The molecule has 1 N–H and O–H groups in total. The van der Waals surface area contributed by atoms with Crippen molar-refractivity contribution in [3.8, 4) is 5.75 Å². The van der Waals surface area contributed by atoms with Crippen LogP contribution in [-0.2, 0) is 0 Å². The Kier molecular flexibility index (Phi) is 4.08. The third-order valence-corrected chi connectivity index (χ3v) is 3.29. The Morgan fingerprint density at radius 1 is 1.00 bits per heavy atom. The van der Waals surface area contributed by atoms with Crippen molar-refractivity contribution >= 4 is 11.6 Å². The molecule has 1 amide bonds. The second-order valence-corrected chi connectivity index (χ2v) is 4.96. The maximum atomic E-state index is 12.3. The molecule has 2 rings (SSSR count). The van der Waals surface area contributed by atoms with Gasteiger partial charge in [0, 0.05) is 11.3 Å². The first-order chi connectivity index (χ1) is 9.51. The molecule has 0 unspecified atom stereocenters. The van der Waals surface area contributed by atoms with E-state index in [0.29, 0.717) is 5.56 Å². The Morgan fingerprint density at radius 2 is 1.75 bits per heavy atom. The monoisotopic (exact) mass is 269 g/mol. The van der Waals surface area contributed by atoms with Crippen molar-refractivity contribution in [3.05, 3.63) is 58.7 Å². The summed E-state index contributed by atoms with van der Waals surface area (Å²) < 4.78 is 5.20. The van der Waals surface area contributed by atoms with Crippen LogP contribution < -0.4 is 10.1 Å². The van der Waals surface area contributed by atoms with Crippen LogP contribution in [0.1, 0.15) is 27.0 Å². The molecule has 0 atom stereocenters. The van der Waals surface area contributed by atoms with E-state index in [1.54, 1.807) is 13.2 Å². The summed E-state index contributed by atoms with van der Waals surface area (Å²) in [6, 6.07) is 11.4. The van der Waals surface area contributed by atoms with E-state index in [1.807, 2.05) is 45.0 Å². The molecule has 0 aromatic heterocycles. The first-order valence-corrected chi connectivity index (χ1v) is 6.54. The largest absolute Gasteiger partial charge is 0.496 e. The fourth-order valence-corrected chi connectivity index (χ4v) is 2.17. The summed E-state index contributed by atoms with van der Waals surface area (Å²) in [7, 11) is 1.62. The Morgan fingerprint density at radius 3 is 2.35 bits per heavy atom. The molecule has 0 saturated heterocycles. The number of hydrogen-bond acceptors (Lipinski definition) is 2. The van der Waals surface area contributed by atoms with Gasteiger partial charge in [0.15, 0.2) is 0 Å². The third kappa shape index (κ3) is 2.99. The highest BCUT2D eigenvalue weighted by Gasteiger charge is 2.09. The van der Waals surface area contributed by atoms with Gasteiger partial charge in [-0.2, -0.15) is 0 Å². The minimum atomic E-state index is -0.109. The Labute approximate surface area is 119 Å². The number of anilines is 1. The number of benzene rings is 2. The zero-order chi connectivity index (χ0) is 14.7. The van der Waals surface area contributed by atoms with Gasteiger partial charge in [0.25, 0.3) is 5.91 Å². The summed E-state index contributed by atoms with van der Waals surface area (Å²) in [4.78, 5) is 12.3. The highest BCUT2D eigenvalue weighted by atomic mass is 16.5. The smallest absolute Gasteiger partial charge is 0.255 e. The van der Waals surface area contributed by atoms with Crippen molar-refractivity contribution in [3.63, 3.8) is 0 Å². The van der Waals surface area contributed by atoms with E-state index in [2.05, 4.69) is 11.4 Å². The fraction of sp³-hybridized carbons (Fsp3) is 0.235. The number of carbonyl (C=O) groups excluding carboxylic acids is 1. The minimum absolute atomic E-state index is 0.109. The highest BCUT2D eigenvalue weighted by Crippen LogP contribution is 2.21. The van der Waals surface area contributed by atoms with Crippen molar-refractivity contribution in [1.29, 1.82) is 0 Å². The average molecular weight is 269 g/mol. The molecule has 104 valence electrons. The molecule has 0 fully saturated rings. The lowest BCUT2D eigenvalue weighted by molar-refractivity contribution is 0.102. The number of methoxy groups -OCH3 is 1. The summed E-state index contributed by atoms with van der Waals surface area (Å²) in [5.41, 5.74) is 4.66. The fourth-order valence-electron chi connectivity index (χ4n) is 2.17. The molecule has 0 saturated carbocycles. The predicted molar refractivity (Wildman–Crippen MR) is 81.6 cm³/mol. The van der Waals surface area contributed by atoms with E-state index in [1.165, 1.54) is 5.56 Å². The van der Waals surface area contributed by atoms with Crippen LogP contribution in [0.25, 0.3) is 0 Å². The van der Waals surface area contributed by atoms with E-state index in [-0.39, 0.29) is 5.91 Å². The molecule has 3 nitrogen and oxygen atoms in total. The van der Waals surface area contributed by atoms with Gasteiger partial charge in [-0.05, 0) is 56.2 Å². The van der Waals surface area contributed by atoms with Crippen LogP contribution in [0.5, 0.6) is 5.75 Å². The normalized spacial score (nSPS) is 10.2. The highest BCUT2D eigenvalue weighted by molar-refractivity contribution is 6.04. The molecule has 0 aliphatic rings. The molecule has 0 aliphatic carbocycles. The molecule has 2 aromatic carbocycles. The summed E-state index contributed by atoms with van der Waals surface area (Å²) in [5.74, 6) is 0.677. The van der Waals surface area contributed by atoms with Crippen molar-refractivity contribution < 1.29 is 9.53 Å². The first kappa shape index (κ1) is 14.1. The average Bonchev–Trinajstić information content (AvgIpc) is 2.41. The SMILES string of the molecule is COc1ccc(C(=O)Nc2ccc(C)cc2C)cc1C. The van der Waals surface area contributed by atoms with Gasteiger partial charge in [-0.1, -0.05) is 17.7 Å². The second-order valence-electron chi connectivity index (χ2n) is 4.96. The maximum Gasteiger partial charge on any atom is 0.255 e. The van der Waals surface area contributed by atoms with Crippen LogP contribution in [0, 0.1) is 20.8 Å². The summed E-state index contributed by atoms with van der Waals surface area (Å²) in [5, 5.41) is 2.94. The number of nitrogens with one attached hydrogen (secondary N) is 1. The first-order valence-electron chi connectivity index (χ1n) is 6.54. The van der Waals surface area contributed by atoms with Gasteiger partial charge in [0.2, 0.25) is 0 Å². The quantitative estimate of drug-likeness (QED) is 0.918. The van der Waals surface area contributed by atoms with Crippen LogP contribution in [0.15, 0.2) is 36.4 Å². The van der Waals surface area contributed by atoms with Crippen molar-refractivity contribution in [1.82, 2.24) is 0 Å². The number of rotatable bonds is 3. The van der Waals surface area contributed by atoms with Gasteiger partial charge in [-0.25, -0.2) is 0 Å². The summed E-state index contributed by atoms with van der Waals surface area (Å²) in [6.45, 7) is 5.94. The van der Waals surface area contributed by atoms with E-state index in [0.717, 1.165) is 22.6 Å². The van der Waals surface area contributed by atoms with Gasteiger partial charge in [-0.15, -0.1) is 0 Å². The van der Waals surface area contributed by atoms with Crippen LogP contribution in [0.2, 0.25) is 0 Å². The van der Waals surface area contributed by atoms with Gasteiger partial charge in [0.05, 0.1) is 7.11 Å². The topological polar surface area (TPSA) is 38.3 Å². The lowest BCUT2D eigenvalue weighted by atomic mass is 10.1. The molecule has 0 radical (unpaired) electrons. The molecule has 2 aromatic rings. The number of hydrogen-bond donors (Lipinski definition) is 1. The van der Waals surface area contributed by atoms with Gasteiger partial charge in [-0.3, -0.25) is 4.79 Å². The van der Waals surface area contributed by atoms with Crippen molar-refractivity contribution in [2.24, 2.45) is 0 Å². The number of amides is 1. The predicted octanol–water partition coefficient (Wildman–Crippen LogP) is 3.87. The maximum absolute atomic E-state index is 12.3.